The summed E-state index contributed by atoms with van der Waals surface area (Å²) in [4.78, 5) is 19.7. The van der Waals surface area contributed by atoms with Crippen molar-refractivity contribution in [3.63, 3.8) is 0 Å². The number of benzene rings is 2. The number of hydrogen-bond donors (Lipinski definition) is 4. The van der Waals surface area contributed by atoms with Crippen molar-refractivity contribution in [1.82, 2.24) is 20.2 Å². The van der Waals surface area contributed by atoms with Gasteiger partial charge in [0.15, 0.2) is 0 Å². The maximum absolute atomic E-state index is 12.1. The Balaban J connectivity index is 1.68. The van der Waals surface area contributed by atoms with E-state index in [0.717, 1.165) is 22.0 Å². The fraction of sp³-hybridized carbons (Fsp3) is 0.250. The highest BCUT2D eigenvalue weighted by Crippen LogP contribution is 2.29. The lowest BCUT2D eigenvalue weighted by atomic mass is 10.0. The SMILES string of the molecule is COCCOC(O)Nc1nc2cc(-c3n[nH]c(=O)c4cccc(C)c34)ccc2[nH]1. The van der Waals surface area contributed by atoms with E-state index in [-0.39, 0.29) is 12.2 Å². The number of rotatable bonds is 7. The molecule has 0 saturated heterocycles. The minimum Gasteiger partial charge on any atom is -0.382 e. The standard InChI is InChI=1S/C20H21N5O4/c1-11-4-3-5-13-16(11)17(24-25-18(13)26)12-6-7-14-15(10-12)22-19(21-14)23-20(27)29-9-8-28-2/h3-7,10,20,27H,8-9H2,1-2H3,(H,25,26)(H2,21,22,23). The van der Waals surface area contributed by atoms with Crippen molar-refractivity contribution in [3.05, 3.63) is 52.3 Å². The zero-order chi connectivity index (χ0) is 20.4. The number of H-pyrrole nitrogens is 2. The molecule has 0 saturated carbocycles. The van der Waals surface area contributed by atoms with Gasteiger partial charge in [-0.2, -0.15) is 5.10 Å². The van der Waals surface area contributed by atoms with Crippen molar-refractivity contribution >= 4 is 27.8 Å². The lowest BCUT2D eigenvalue weighted by molar-refractivity contribution is -0.0903. The number of aryl methyl sites for hydroxylation is 1. The molecule has 29 heavy (non-hydrogen) atoms. The molecule has 0 spiro atoms. The molecular formula is C20H21N5O4. The van der Waals surface area contributed by atoms with Crippen LogP contribution in [0.2, 0.25) is 0 Å². The lowest BCUT2D eigenvalue weighted by Gasteiger charge is -2.11. The predicted octanol–water partition coefficient (Wildman–Crippen LogP) is 2.13. The molecule has 2 aromatic heterocycles. The first-order valence-electron chi connectivity index (χ1n) is 9.10. The van der Waals surface area contributed by atoms with Crippen molar-refractivity contribution in [2.24, 2.45) is 0 Å². The quantitative estimate of drug-likeness (QED) is 0.279. The van der Waals surface area contributed by atoms with Crippen LogP contribution in [-0.2, 0) is 9.47 Å². The normalized spacial score (nSPS) is 12.5. The van der Waals surface area contributed by atoms with E-state index in [1.807, 2.05) is 37.3 Å². The third-order valence-corrected chi connectivity index (χ3v) is 4.60. The first-order valence-corrected chi connectivity index (χ1v) is 9.10. The average molecular weight is 395 g/mol. The van der Waals surface area contributed by atoms with Gasteiger partial charge in [0.25, 0.3) is 5.56 Å². The van der Waals surface area contributed by atoms with Gasteiger partial charge in [0.05, 0.1) is 35.3 Å². The van der Waals surface area contributed by atoms with Gasteiger partial charge in [0.2, 0.25) is 12.4 Å². The highest BCUT2D eigenvalue weighted by Gasteiger charge is 2.13. The van der Waals surface area contributed by atoms with Gasteiger partial charge in [-0.25, -0.2) is 10.1 Å². The van der Waals surface area contributed by atoms with Crippen LogP contribution in [0.15, 0.2) is 41.2 Å². The van der Waals surface area contributed by atoms with E-state index in [1.54, 1.807) is 13.2 Å². The first-order chi connectivity index (χ1) is 14.1. The number of aliphatic hydroxyl groups excluding tert-OH is 1. The van der Waals surface area contributed by atoms with Crippen LogP contribution in [0, 0.1) is 6.92 Å². The number of methoxy groups -OCH3 is 1. The Bertz CT molecular complexity index is 1220. The molecule has 0 aliphatic rings. The highest BCUT2D eigenvalue weighted by atomic mass is 16.6. The molecule has 150 valence electrons. The summed E-state index contributed by atoms with van der Waals surface area (Å²) >= 11 is 0. The molecule has 2 aromatic carbocycles. The smallest absolute Gasteiger partial charge is 0.272 e. The molecule has 0 amide bonds. The summed E-state index contributed by atoms with van der Waals surface area (Å²) in [7, 11) is 1.56. The Morgan fingerprint density at radius 2 is 2.10 bits per heavy atom. The number of hydrogen-bond acceptors (Lipinski definition) is 7. The minimum atomic E-state index is -1.21. The predicted molar refractivity (Wildman–Crippen MR) is 110 cm³/mol. The second-order valence-electron chi connectivity index (χ2n) is 6.58. The monoisotopic (exact) mass is 395 g/mol. The topological polar surface area (TPSA) is 125 Å². The minimum absolute atomic E-state index is 0.220. The van der Waals surface area contributed by atoms with Crippen molar-refractivity contribution in [3.8, 4) is 11.3 Å². The maximum Gasteiger partial charge on any atom is 0.272 e. The number of fused-ring (bicyclic) bond motifs is 2. The van der Waals surface area contributed by atoms with E-state index in [9.17, 15) is 9.90 Å². The number of imidazole rings is 1. The van der Waals surface area contributed by atoms with E-state index in [2.05, 4.69) is 25.5 Å². The van der Waals surface area contributed by atoms with Crippen LogP contribution in [0.4, 0.5) is 5.95 Å². The Labute approximate surface area is 165 Å². The van der Waals surface area contributed by atoms with Gasteiger partial charge in [-0.05, 0) is 30.7 Å². The summed E-state index contributed by atoms with van der Waals surface area (Å²) < 4.78 is 10.0. The van der Waals surface area contributed by atoms with Crippen LogP contribution in [0.3, 0.4) is 0 Å². The number of anilines is 1. The van der Waals surface area contributed by atoms with E-state index in [0.29, 0.717) is 29.2 Å². The van der Waals surface area contributed by atoms with Crippen molar-refractivity contribution in [1.29, 1.82) is 0 Å². The van der Waals surface area contributed by atoms with Crippen LogP contribution in [-0.4, -0.2) is 52.0 Å². The van der Waals surface area contributed by atoms with Gasteiger partial charge in [-0.3, -0.25) is 4.79 Å². The molecule has 0 bridgehead atoms. The summed E-state index contributed by atoms with van der Waals surface area (Å²) in [5.74, 6) is 0.373. The number of ether oxygens (including phenoxy) is 2. The van der Waals surface area contributed by atoms with E-state index in [4.69, 9.17) is 9.47 Å². The van der Waals surface area contributed by atoms with Crippen LogP contribution in [0.25, 0.3) is 33.1 Å². The summed E-state index contributed by atoms with van der Waals surface area (Å²) in [6.07, 6.45) is -1.21. The van der Waals surface area contributed by atoms with E-state index < -0.39 is 6.41 Å². The van der Waals surface area contributed by atoms with Crippen LogP contribution in [0.1, 0.15) is 5.56 Å². The zero-order valence-corrected chi connectivity index (χ0v) is 16.0. The van der Waals surface area contributed by atoms with E-state index in [1.165, 1.54) is 0 Å². The molecule has 4 aromatic rings. The molecule has 9 heteroatoms. The van der Waals surface area contributed by atoms with Crippen LogP contribution in [0.5, 0.6) is 0 Å². The number of aromatic amines is 2. The Kier molecular flexibility index (Phi) is 5.26. The van der Waals surface area contributed by atoms with Gasteiger partial charge < -0.3 is 24.9 Å². The van der Waals surface area contributed by atoms with Crippen molar-refractivity contribution < 1.29 is 14.6 Å². The first kappa shape index (κ1) is 19.1. The highest BCUT2D eigenvalue weighted by molar-refractivity contribution is 5.97. The number of aromatic nitrogens is 4. The number of nitrogens with one attached hydrogen (secondary N) is 3. The third kappa shape index (κ3) is 3.83. The van der Waals surface area contributed by atoms with Crippen LogP contribution < -0.4 is 10.9 Å². The molecule has 0 aliphatic carbocycles. The fourth-order valence-electron chi connectivity index (χ4n) is 3.23. The summed E-state index contributed by atoms with van der Waals surface area (Å²) in [5.41, 5.74) is 3.72. The lowest BCUT2D eigenvalue weighted by Crippen LogP contribution is -2.24. The van der Waals surface area contributed by atoms with E-state index >= 15 is 0 Å². The second kappa shape index (κ2) is 8.00. The third-order valence-electron chi connectivity index (χ3n) is 4.60. The second-order valence-corrected chi connectivity index (χ2v) is 6.58. The van der Waals surface area contributed by atoms with Gasteiger partial charge in [-0.15, -0.1) is 0 Å². The molecule has 0 aliphatic heterocycles. The fourth-order valence-corrected chi connectivity index (χ4v) is 3.23. The van der Waals surface area contributed by atoms with Gasteiger partial charge >= 0.3 is 0 Å². The molecule has 1 atom stereocenters. The van der Waals surface area contributed by atoms with Gasteiger partial charge in [-0.1, -0.05) is 18.2 Å². The van der Waals surface area contributed by atoms with Gasteiger partial charge in [0, 0.05) is 18.1 Å². The zero-order valence-electron chi connectivity index (χ0n) is 16.0. The molecule has 2 heterocycles. The molecule has 4 rings (SSSR count). The Hall–Kier alpha value is -3.27. The average Bonchev–Trinajstić information content (AvgIpc) is 3.10. The Morgan fingerprint density at radius 3 is 2.93 bits per heavy atom. The number of nitrogens with zero attached hydrogens (tertiary/aromatic N) is 2. The maximum atomic E-state index is 12.1. The van der Waals surface area contributed by atoms with Gasteiger partial charge in [0.1, 0.15) is 0 Å². The van der Waals surface area contributed by atoms with Crippen molar-refractivity contribution in [2.75, 3.05) is 25.6 Å². The summed E-state index contributed by atoms with van der Waals surface area (Å²) in [6.45, 7) is 2.58. The molecular weight excluding hydrogens is 374 g/mol. The largest absolute Gasteiger partial charge is 0.382 e. The van der Waals surface area contributed by atoms with Crippen LogP contribution >= 0.6 is 0 Å². The molecule has 0 fully saturated rings. The van der Waals surface area contributed by atoms with Crippen molar-refractivity contribution in [2.45, 2.75) is 13.3 Å². The summed E-state index contributed by atoms with van der Waals surface area (Å²) in [5, 5.41) is 20.9. The molecule has 4 N–H and O–H groups in total. The Morgan fingerprint density at radius 1 is 1.24 bits per heavy atom. The summed E-state index contributed by atoms with van der Waals surface area (Å²) in [6, 6.07) is 11.2. The molecule has 1 unspecified atom stereocenters. The molecule has 0 radical (unpaired) electrons. The number of aliphatic hydroxyl groups is 1. The molecule has 9 nitrogen and oxygen atoms in total.